The summed E-state index contributed by atoms with van der Waals surface area (Å²) in [5.41, 5.74) is 2.00. The van der Waals surface area contributed by atoms with Crippen molar-refractivity contribution in [2.45, 2.75) is 25.8 Å². The predicted octanol–water partition coefficient (Wildman–Crippen LogP) is 2.37. The summed E-state index contributed by atoms with van der Waals surface area (Å²) in [6.45, 7) is 2.70. The largest absolute Gasteiger partial charge is 0.310 e. The molecule has 3 heteroatoms. The Kier molecular flexibility index (Phi) is 2.82. The van der Waals surface area contributed by atoms with Crippen LogP contribution in [0.3, 0.4) is 0 Å². The molecule has 0 amide bonds. The van der Waals surface area contributed by atoms with Gasteiger partial charge in [-0.2, -0.15) is 0 Å². The SMILES string of the molecule is Cc1cc(C2CCCN2)c(C=O)cc1F. The average molecular weight is 207 g/mol. The molecule has 0 spiro atoms. The van der Waals surface area contributed by atoms with Gasteiger partial charge in [-0.25, -0.2) is 4.39 Å². The van der Waals surface area contributed by atoms with Crippen molar-refractivity contribution < 1.29 is 9.18 Å². The van der Waals surface area contributed by atoms with Crippen molar-refractivity contribution in [3.05, 3.63) is 34.6 Å². The van der Waals surface area contributed by atoms with Crippen molar-refractivity contribution in [2.75, 3.05) is 6.54 Å². The van der Waals surface area contributed by atoms with Gasteiger partial charge < -0.3 is 5.32 Å². The molecule has 1 unspecified atom stereocenters. The minimum atomic E-state index is -0.307. The summed E-state index contributed by atoms with van der Waals surface area (Å²) >= 11 is 0. The van der Waals surface area contributed by atoms with Gasteiger partial charge in [-0.3, -0.25) is 4.79 Å². The van der Waals surface area contributed by atoms with Crippen molar-refractivity contribution in [2.24, 2.45) is 0 Å². The highest BCUT2D eigenvalue weighted by Gasteiger charge is 2.20. The van der Waals surface area contributed by atoms with E-state index in [4.69, 9.17) is 0 Å². The van der Waals surface area contributed by atoms with Crippen LogP contribution in [0.2, 0.25) is 0 Å². The van der Waals surface area contributed by atoms with Gasteiger partial charge in [-0.15, -0.1) is 0 Å². The smallest absolute Gasteiger partial charge is 0.150 e. The third-order valence-corrected chi connectivity index (χ3v) is 2.93. The van der Waals surface area contributed by atoms with E-state index in [0.717, 1.165) is 31.2 Å². The van der Waals surface area contributed by atoms with Gasteiger partial charge in [0.2, 0.25) is 0 Å². The lowest BCUT2D eigenvalue weighted by Crippen LogP contribution is -2.15. The van der Waals surface area contributed by atoms with Gasteiger partial charge in [0.1, 0.15) is 12.1 Å². The second-order valence-corrected chi connectivity index (χ2v) is 4.00. The molecule has 0 radical (unpaired) electrons. The summed E-state index contributed by atoms with van der Waals surface area (Å²) in [6.07, 6.45) is 2.86. The zero-order valence-electron chi connectivity index (χ0n) is 8.72. The number of nitrogens with one attached hydrogen (secondary N) is 1. The molecule has 1 aliphatic heterocycles. The number of halogens is 1. The van der Waals surface area contributed by atoms with Crippen molar-refractivity contribution in [3.8, 4) is 0 Å². The molecule has 1 heterocycles. The van der Waals surface area contributed by atoms with Gasteiger partial charge in [-0.1, -0.05) is 6.07 Å². The van der Waals surface area contributed by atoms with Crippen LogP contribution in [-0.4, -0.2) is 12.8 Å². The molecule has 1 aromatic rings. The average Bonchev–Trinajstić information content (AvgIpc) is 2.74. The monoisotopic (exact) mass is 207 g/mol. The van der Waals surface area contributed by atoms with Crippen LogP contribution in [0.25, 0.3) is 0 Å². The Morgan fingerprint density at radius 3 is 2.93 bits per heavy atom. The lowest BCUT2D eigenvalue weighted by Gasteiger charge is -2.14. The second-order valence-electron chi connectivity index (χ2n) is 4.00. The van der Waals surface area contributed by atoms with E-state index in [-0.39, 0.29) is 11.9 Å². The molecule has 1 atom stereocenters. The predicted molar refractivity (Wildman–Crippen MR) is 56.5 cm³/mol. The third kappa shape index (κ3) is 1.92. The number of hydrogen-bond acceptors (Lipinski definition) is 2. The van der Waals surface area contributed by atoms with Crippen LogP contribution in [0.15, 0.2) is 12.1 Å². The van der Waals surface area contributed by atoms with Crippen LogP contribution in [0, 0.1) is 12.7 Å². The van der Waals surface area contributed by atoms with E-state index < -0.39 is 0 Å². The van der Waals surface area contributed by atoms with Crippen LogP contribution in [-0.2, 0) is 0 Å². The maximum atomic E-state index is 13.3. The quantitative estimate of drug-likeness (QED) is 0.754. The van der Waals surface area contributed by atoms with Gasteiger partial charge >= 0.3 is 0 Å². The number of carbonyl (C=O) groups is 1. The first-order valence-corrected chi connectivity index (χ1v) is 5.21. The molecule has 1 aliphatic rings. The molecule has 0 saturated carbocycles. The van der Waals surface area contributed by atoms with E-state index in [1.165, 1.54) is 6.07 Å². The van der Waals surface area contributed by atoms with Crippen LogP contribution in [0.5, 0.6) is 0 Å². The summed E-state index contributed by atoms with van der Waals surface area (Å²) in [7, 11) is 0. The van der Waals surface area contributed by atoms with Crippen molar-refractivity contribution in [1.82, 2.24) is 5.32 Å². The second kappa shape index (κ2) is 4.11. The molecule has 1 fully saturated rings. The zero-order chi connectivity index (χ0) is 10.8. The molecule has 2 nitrogen and oxygen atoms in total. The Balaban J connectivity index is 2.43. The minimum Gasteiger partial charge on any atom is -0.310 e. The lowest BCUT2D eigenvalue weighted by molar-refractivity contribution is 0.112. The summed E-state index contributed by atoms with van der Waals surface area (Å²) in [6, 6.07) is 3.32. The number of aryl methyl sites for hydroxylation is 1. The van der Waals surface area contributed by atoms with Crippen LogP contribution in [0.1, 0.15) is 40.4 Å². The normalized spacial score (nSPS) is 20.5. The summed E-state index contributed by atoms with van der Waals surface area (Å²) in [4.78, 5) is 10.9. The topological polar surface area (TPSA) is 29.1 Å². The van der Waals surface area contributed by atoms with Crippen LogP contribution >= 0.6 is 0 Å². The molecular formula is C12H14FNO. The Hall–Kier alpha value is -1.22. The fraction of sp³-hybridized carbons (Fsp3) is 0.417. The molecular weight excluding hydrogens is 193 g/mol. The first-order valence-electron chi connectivity index (χ1n) is 5.21. The maximum Gasteiger partial charge on any atom is 0.150 e. The van der Waals surface area contributed by atoms with Gasteiger partial charge in [0.15, 0.2) is 0 Å². The lowest BCUT2D eigenvalue weighted by atomic mass is 9.97. The number of aldehydes is 1. The number of carbonyl (C=O) groups excluding carboxylic acids is 1. The number of benzene rings is 1. The van der Waals surface area contributed by atoms with E-state index in [2.05, 4.69) is 5.32 Å². The van der Waals surface area contributed by atoms with E-state index in [9.17, 15) is 9.18 Å². The Bertz CT molecular complexity index is 383. The van der Waals surface area contributed by atoms with Crippen molar-refractivity contribution in [3.63, 3.8) is 0 Å². The highest BCUT2D eigenvalue weighted by Crippen LogP contribution is 2.27. The molecule has 0 bridgehead atoms. The molecule has 0 aliphatic carbocycles. The van der Waals surface area contributed by atoms with E-state index in [1.54, 1.807) is 13.0 Å². The van der Waals surface area contributed by atoms with Gasteiger partial charge in [0.05, 0.1) is 0 Å². The fourth-order valence-electron chi connectivity index (χ4n) is 2.07. The fourth-order valence-corrected chi connectivity index (χ4v) is 2.07. The van der Waals surface area contributed by atoms with Crippen LogP contribution < -0.4 is 5.32 Å². The molecule has 1 N–H and O–H groups in total. The standard InChI is InChI=1S/C12H14FNO/c1-8-5-10(12-3-2-4-14-12)9(7-15)6-11(8)13/h5-7,12,14H,2-4H2,1H3. The minimum absolute atomic E-state index is 0.212. The first kappa shape index (κ1) is 10.3. The van der Waals surface area contributed by atoms with Gasteiger partial charge in [0.25, 0.3) is 0 Å². The molecule has 2 rings (SSSR count). The molecule has 80 valence electrons. The molecule has 1 aromatic carbocycles. The maximum absolute atomic E-state index is 13.3. The Morgan fingerprint density at radius 1 is 1.53 bits per heavy atom. The highest BCUT2D eigenvalue weighted by atomic mass is 19.1. The van der Waals surface area contributed by atoms with E-state index >= 15 is 0 Å². The number of rotatable bonds is 2. The first-order chi connectivity index (χ1) is 7.22. The van der Waals surface area contributed by atoms with Crippen molar-refractivity contribution in [1.29, 1.82) is 0 Å². The molecule has 1 saturated heterocycles. The van der Waals surface area contributed by atoms with Gasteiger partial charge in [-0.05, 0) is 43.5 Å². The third-order valence-electron chi connectivity index (χ3n) is 2.93. The summed E-state index contributed by atoms with van der Waals surface area (Å²) in [5.74, 6) is -0.307. The van der Waals surface area contributed by atoms with E-state index in [1.807, 2.05) is 0 Å². The molecule has 15 heavy (non-hydrogen) atoms. The Morgan fingerprint density at radius 2 is 2.33 bits per heavy atom. The van der Waals surface area contributed by atoms with Crippen molar-refractivity contribution >= 4 is 6.29 Å². The zero-order valence-corrected chi connectivity index (χ0v) is 8.72. The summed E-state index contributed by atoms with van der Waals surface area (Å²) in [5, 5.41) is 3.31. The highest BCUT2D eigenvalue weighted by molar-refractivity contribution is 5.78. The van der Waals surface area contributed by atoms with E-state index in [0.29, 0.717) is 11.1 Å². The summed E-state index contributed by atoms with van der Waals surface area (Å²) < 4.78 is 13.3. The Labute approximate surface area is 88.5 Å². The van der Waals surface area contributed by atoms with Crippen LogP contribution in [0.4, 0.5) is 4.39 Å². The number of hydrogen-bond donors (Lipinski definition) is 1. The van der Waals surface area contributed by atoms with Gasteiger partial charge in [0, 0.05) is 11.6 Å². The molecule has 0 aromatic heterocycles.